The average Bonchev–Trinajstić information content (AvgIpc) is 2.75. The molecule has 2 atom stereocenters. The Bertz CT molecular complexity index is 642. The minimum absolute atomic E-state index is 0.0247. The summed E-state index contributed by atoms with van der Waals surface area (Å²) in [6, 6.07) is 5.20. The van der Waals surface area contributed by atoms with Gasteiger partial charge in [0.2, 0.25) is 0 Å². The molecular formula is C18H22O3. The van der Waals surface area contributed by atoms with Crippen molar-refractivity contribution in [1.82, 2.24) is 0 Å². The SMILES string of the molecule is COc1cc(/C=C2\C(=O)C3(C)CCC2C3(C)C)ccc1O. The highest BCUT2D eigenvalue weighted by Crippen LogP contribution is 2.65. The van der Waals surface area contributed by atoms with Crippen molar-refractivity contribution in [2.45, 2.75) is 33.6 Å². The lowest BCUT2D eigenvalue weighted by atomic mass is 9.70. The van der Waals surface area contributed by atoms with E-state index in [9.17, 15) is 9.90 Å². The number of ether oxygens (including phenoxy) is 1. The quantitative estimate of drug-likeness (QED) is 0.841. The highest BCUT2D eigenvalue weighted by molar-refractivity contribution is 6.08. The molecule has 1 aromatic carbocycles. The molecule has 3 nitrogen and oxygen atoms in total. The van der Waals surface area contributed by atoms with Crippen molar-refractivity contribution in [3.8, 4) is 11.5 Å². The lowest BCUT2D eigenvalue weighted by Gasteiger charge is -2.31. The van der Waals surface area contributed by atoms with Gasteiger partial charge in [0, 0.05) is 5.41 Å². The summed E-state index contributed by atoms with van der Waals surface area (Å²) < 4.78 is 5.14. The Kier molecular flexibility index (Phi) is 2.94. The van der Waals surface area contributed by atoms with Gasteiger partial charge < -0.3 is 9.84 Å². The Morgan fingerprint density at radius 1 is 1.33 bits per heavy atom. The number of phenols is 1. The second-order valence-electron chi connectivity index (χ2n) is 7.01. The number of allylic oxidation sites excluding steroid dienone is 1. The van der Waals surface area contributed by atoms with Crippen LogP contribution in [-0.2, 0) is 4.79 Å². The first-order valence-electron chi connectivity index (χ1n) is 7.44. The number of Topliss-reactive ketones (excluding diaryl/α,β-unsaturated/α-hetero) is 1. The van der Waals surface area contributed by atoms with Gasteiger partial charge in [-0.15, -0.1) is 0 Å². The van der Waals surface area contributed by atoms with Crippen molar-refractivity contribution in [1.29, 1.82) is 0 Å². The summed E-state index contributed by atoms with van der Waals surface area (Å²) in [6.45, 7) is 6.52. The highest BCUT2D eigenvalue weighted by Gasteiger charge is 2.63. The fourth-order valence-electron chi connectivity index (χ4n) is 4.06. The molecule has 21 heavy (non-hydrogen) atoms. The summed E-state index contributed by atoms with van der Waals surface area (Å²) in [5.41, 5.74) is 1.63. The second-order valence-corrected chi connectivity index (χ2v) is 7.01. The van der Waals surface area contributed by atoms with E-state index in [1.165, 1.54) is 7.11 Å². The number of hydrogen-bond acceptors (Lipinski definition) is 3. The number of hydrogen-bond donors (Lipinski definition) is 1. The van der Waals surface area contributed by atoms with Crippen LogP contribution in [0.4, 0.5) is 0 Å². The zero-order valence-electron chi connectivity index (χ0n) is 13.1. The summed E-state index contributed by atoms with van der Waals surface area (Å²) in [5, 5.41) is 9.66. The van der Waals surface area contributed by atoms with Crippen LogP contribution in [-0.4, -0.2) is 18.0 Å². The number of ketones is 1. The zero-order valence-corrected chi connectivity index (χ0v) is 13.1. The van der Waals surface area contributed by atoms with E-state index in [1.807, 2.05) is 12.1 Å². The number of carbonyl (C=O) groups excluding carboxylic acids is 1. The van der Waals surface area contributed by atoms with Crippen molar-refractivity contribution >= 4 is 11.9 Å². The minimum atomic E-state index is -0.232. The van der Waals surface area contributed by atoms with Gasteiger partial charge in [-0.25, -0.2) is 0 Å². The molecule has 1 aromatic rings. The van der Waals surface area contributed by atoms with Gasteiger partial charge in [-0.1, -0.05) is 26.8 Å². The van der Waals surface area contributed by atoms with E-state index in [-0.39, 0.29) is 22.4 Å². The van der Waals surface area contributed by atoms with Crippen LogP contribution < -0.4 is 4.74 Å². The number of methoxy groups -OCH3 is 1. The summed E-state index contributed by atoms with van der Waals surface area (Å²) in [7, 11) is 1.53. The molecule has 2 aliphatic carbocycles. The van der Waals surface area contributed by atoms with E-state index < -0.39 is 0 Å². The predicted molar refractivity (Wildman–Crippen MR) is 82.3 cm³/mol. The number of phenolic OH excluding ortho intramolecular Hbond substituents is 1. The molecular weight excluding hydrogens is 264 g/mol. The topological polar surface area (TPSA) is 46.5 Å². The van der Waals surface area contributed by atoms with Gasteiger partial charge in [-0.2, -0.15) is 0 Å². The molecule has 2 unspecified atom stereocenters. The Hall–Kier alpha value is -1.77. The largest absolute Gasteiger partial charge is 0.504 e. The summed E-state index contributed by atoms with van der Waals surface area (Å²) in [6.07, 6.45) is 4.04. The van der Waals surface area contributed by atoms with Crippen molar-refractivity contribution in [2.24, 2.45) is 16.7 Å². The average molecular weight is 286 g/mol. The van der Waals surface area contributed by atoms with Crippen LogP contribution in [0.15, 0.2) is 23.8 Å². The zero-order chi connectivity index (χ0) is 15.4. The van der Waals surface area contributed by atoms with Gasteiger partial charge in [-0.05, 0) is 53.5 Å². The fourth-order valence-corrected chi connectivity index (χ4v) is 4.06. The minimum Gasteiger partial charge on any atom is -0.504 e. The molecule has 0 saturated heterocycles. The highest BCUT2D eigenvalue weighted by atomic mass is 16.5. The smallest absolute Gasteiger partial charge is 0.165 e. The predicted octanol–water partition coefficient (Wildman–Crippen LogP) is 3.81. The number of fused-ring (bicyclic) bond motifs is 2. The third-order valence-corrected chi connectivity index (χ3v) is 5.89. The molecule has 2 saturated carbocycles. The van der Waals surface area contributed by atoms with Crippen molar-refractivity contribution < 1.29 is 14.6 Å². The fraction of sp³-hybridized carbons (Fsp3) is 0.500. The Morgan fingerprint density at radius 2 is 2.05 bits per heavy atom. The lowest BCUT2D eigenvalue weighted by molar-refractivity contribution is -0.125. The first kappa shape index (κ1) is 14.2. The Morgan fingerprint density at radius 3 is 2.62 bits per heavy atom. The second kappa shape index (κ2) is 4.36. The lowest BCUT2D eigenvalue weighted by Crippen LogP contribution is -2.32. The Labute approximate surface area is 125 Å². The molecule has 0 aromatic heterocycles. The molecule has 3 rings (SSSR count). The summed E-state index contributed by atoms with van der Waals surface area (Å²) in [5.74, 6) is 1.17. The van der Waals surface area contributed by atoms with Gasteiger partial charge in [-0.3, -0.25) is 4.79 Å². The third kappa shape index (κ3) is 1.76. The van der Waals surface area contributed by atoms with Gasteiger partial charge >= 0.3 is 0 Å². The maximum Gasteiger partial charge on any atom is 0.165 e. The molecule has 0 spiro atoms. The molecule has 0 heterocycles. The maximum atomic E-state index is 12.8. The molecule has 3 heteroatoms. The van der Waals surface area contributed by atoms with Gasteiger partial charge in [0.25, 0.3) is 0 Å². The molecule has 2 aliphatic rings. The molecule has 2 bridgehead atoms. The molecule has 1 N–H and O–H groups in total. The number of rotatable bonds is 2. The summed E-state index contributed by atoms with van der Waals surface area (Å²) in [4.78, 5) is 12.8. The molecule has 112 valence electrons. The van der Waals surface area contributed by atoms with Crippen LogP contribution in [0.25, 0.3) is 6.08 Å². The third-order valence-electron chi connectivity index (χ3n) is 5.89. The van der Waals surface area contributed by atoms with Crippen molar-refractivity contribution in [3.05, 3.63) is 29.3 Å². The number of carbonyl (C=O) groups is 1. The monoisotopic (exact) mass is 286 g/mol. The van der Waals surface area contributed by atoms with Gasteiger partial charge in [0.15, 0.2) is 17.3 Å². The van der Waals surface area contributed by atoms with E-state index in [1.54, 1.807) is 12.1 Å². The van der Waals surface area contributed by atoms with Crippen molar-refractivity contribution in [3.63, 3.8) is 0 Å². The molecule has 0 amide bonds. The Balaban J connectivity index is 2.04. The van der Waals surface area contributed by atoms with Crippen LogP contribution in [0.2, 0.25) is 0 Å². The van der Waals surface area contributed by atoms with Gasteiger partial charge in [0.05, 0.1) is 7.11 Å². The maximum absolute atomic E-state index is 12.8. The first-order valence-corrected chi connectivity index (χ1v) is 7.44. The van der Waals surface area contributed by atoms with Crippen LogP contribution in [0.3, 0.4) is 0 Å². The van der Waals surface area contributed by atoms with E-state index in [4.69, 9.17) is 4.74 Å². The van der Waals surface area contributed by atoms with E-state index in [2.05, 4.69) is 20.8 Å². The number of benzene rings is 1. The first-order chi connectivity index (χ1) is 9.81. The standard InChI is InChI=1S/C18H22O3/c1-17(2)13-7-8-18(17,3)16(20)12(13)9-11-5-6-14(19)15(10-11)21-4/h5-6,9-10,13,19H,7-8H2,1-4H3/b12-9-. The van der Waals surface area contributed by atoms with E-state index >= 15 is 0 Å². The summed E-state index contributed by atoms with van der Waals surface area (Å²) >= 11 is 0. The molecule has 0 radical (unpaired) electrons. The van der Waals surface area contributed by atoms with Crippen LogP contribution in [0.5, 0.6) is 11.5 Å². The van der Waals surface area contributed by atoms with Gasteiger partial charge in [0.1, 0.15) is 0 Å². The van der Waals surface area contributed by atoms with Crippen LogP contribution in [0, 0.1) is 16.7 Å². The van der Waals surface area contributed by atoms with Crippen LogP contribution >= 0.6 is 0 Å². The normalized spacial score (nSPS) is 31.9. The van der Waals surface area contributed by atoms with Crippen LogP contribution in [0.1, 0.15) is 39.2 Å². The molecule has 2 fully saturated rings. The number of aromatic hydroxyl groups is 1. The molecule has 0 aliphatic heterocycles. The van der Waals surface area contributed by atoms with E-state index in [0.29, 0.717) is 11.7 Å². The van der Waals surface area contributed by atoms with E-state index in [0.717, 1.165) is 24.0 Å². The van der Waals surface area contributed by atoms with Crippen molar-refractivity contribution in [2.75, 3.05) is 7.11 Å².